The average molecular weight is 353 g/mol. The van der Waals surface area contributed by atoms with Crippen molar-refractivity contribution in [2.45, 2.75) is 45.7 Å². The number of sulfonamides is 1. The van der Waals surface area contributed by atoms with Crippen LogP contribution in [-0.4, -0.2) is 50.7 Å². The highest BCUT2D eigenvalue weighted by Gasteiger charge is 2.27. The molecule has 1 saturated heterocycles. The molecule has 1 aromatic carbocycles. The topological polar surface area (TPSA) is 78.5 Å². The number of hydrogen-bond donors (Lipinski definition) is 2. The highest BCUT2D eigenvalue weighted by molar-refractivity contribution is 7.88. The van der Waals surface area contributed by atoms with Gasteiger partial charge in [0.1, 0.15) is 6.04 Å². The Balaban J connectivity index is 1.93. The lowest BCUT2D eigenvalue weighted by molar-refractivity contribution is -0.132. The molecule has 134 valence electrons. The van der Waals surface area contributed by atoms with Crippen molar-refractivity contribution in [1.29, 1.82) is 0 Å². The first kappa shape index (κ1) is 18.7. The molecule has 0 bridgehead atoms. The van der Waals surface area contributed by atoms with Gasteiger partial charge in [0, 0.05) is 24.8 Å². The van der Waals surface area contributed by atoms with Gasteiger partial charge in [-0.3, -0.25) is 4.79 Å². The number of amides is 1. The Morgan fingerprint density at radius 3 is 2.25 bits per heavy atom. The van der Waals surface area contributed by atoms with Gasteiger partial charge in [-0.05, 0) is 44.7 Å². The number of aryl methyl sites for hydroxylation is 2. The summed E-state index contributed by atoms with van der Waals surface area (Å²) in [6, 6.07) is 5.65. The molecular formula is C17H27N3O3S. The third kappa shape index (κ3) is 4.95. The Morgan fingerprint density at radius 1 is 1.21 bits per heavy atom. The lowest BCUT2D eigenvalue weighted by Gasteiger charge is -2.34. The number of nitrogens with zero attached hydrogens (tertiary/aromatic N) is 1. The molecule has 1 unspecified atom stereocenters. The van der Waals surface area contributed by atoms with Crippen LogP contribution in [0.5, 0.6) is 0 Å². The summed E-state index contributed by atoms with van der Waals surface area (Å²) in [6.45, 7) is 7.06. The number of nitrogens with one attached hydrogen (secondary N) is 2. The average Bonchev–Trinajstić information content (AvgIpc) is 2.49. The zero-order chi connectivity index (χ0) is 17.9. The van der Waals surface area contributed by atoms with Crippen LogP contribution in [0.3, 0.4) is 0 Å². The van der Waals surface area contributed by atoms with Crippen LogP contribution >= 0.6 is 0 Å². The number of rotatable bonds is 5. The van der Waals surface area contributed by atoms with Gasteiger partial charge in [-0.1, -0.05) is 18.2 Å². The molecule has 1 aromatic rings. The zero-order valence-corrected chi connectivity index (χ0v) is 15.6. The van der Waals surface area contributed by atoms with Crippen molar-refractivity contribution in [3.05, 3.63) is 29.3 Å². The monoisotopic (exact) mass is 353 g/mol. The molecule has 1 heterocycles. The van der Waals surface area contributed by atoms with E-state index in [0.29, 0.717) is 25.9 Å². The molecule has 24 heavy (non-hydrogen) atoms. The van der Waals surface area contributed by atoms with Gasteiger partial charge in [0.2, 0.25) is 15.9 Å². The SMILES string of the molecule is Cc1cccc(C)c1NC(C)C(=O)N1CCC(NS(C)(=O)=O)CC1. The lowest BCUT2D eigenvalue weighted by atomic mass is 10.0. The molecule has 2 N–H and O–H groups in total. The second-order valence-corrected chi connectivity index (χ2v) is 8.40. The van der Waals surface area contributed by atoms with Gasteiger partial charge in [-0.25, -0.2) is 13.1 Å². The molecular weight excluding hydrogens is 326 g/mol. The van der Waals surface area contributed by atoms with E-state index in [4.69, 9.17) is 0 Å². The van der Waals surface area contributed by atoms with E-state index < -0.39 is 10.0 Å². The van der Waals surface area contributed by atoms with E-state index in [0.717, 1.165) is 16.8 Å². The first-order chi connectivity index (χ1) is 11.2. The summed E-state index contributed by atoms with van der Waals surface area (Å²) in [6.07, 6.45) is 2.46. The number of likely N-dealkylation sites (tertiary alicyclic amines) is 1. The van der Waals surface area contributed by atoms with Crippen molar-refractivity contribution in [3.63, 3.8) is 0 Å². The van der Waals surface area contributed by atoms with E-state index in [1.54, 1.807) is 0 Å². The van der Waals surface area contributed by atoms with Gasteiger partial charge in [0.15, 0.2) is 0 Å². The van der Waals surface area contributed by atoms with Crippen LogP contribution in [0, 0.1) is 13.8 Å². The first-order valence-corrected chi connectivity index (χ1v) is 10.2. The normalized spacial score (nSPS) is 17.6. The number of benzene rings is 1. The minimum Gasteiger partial charge on any atom is -0.373 e. The number of para-hydroxylation sites is 1. The fourth-order valence-electron chi connectivity index (χ4n) is 3.11. The summed E-state index contributed by atoms with van der Waals surface area (Å²) in [5, 5.41) is 3.32. The van der Waals surface area contributed by atoms with Crippen LogP contribution in [-0.2, 0) is 14.8 Å². The second-order valence-electron chi connectivity index (χ2n) is 6.62. The van der Waals surface area contributed by atoms with E-state index in [2.05, 4.69) is 10.0 Å². The summed E-state index contributed by atoms with van der Waals surface area (Å²) in [5.74, 6) is 0.0514. The molecule has 1 fully saturated rings. The fourth-order valence-corrected chi connectivity index (χ4v) is 3.96. The van der Waals surface area contributed by atoms with Crippen molar-refractivity contribution >= 4 is 21.6 Å². The summed E-state index contributed by atoms with van der Waals surface area (Å²) in [7, 11) is -3.19. The molecule has 1 amide bonds. The Bertz CT molecular complexity index is 675. The third-order valence-electron chi connectivity index (χ3n) is 4.40. The first-order valence-electron chi connectivity index (χ1n) is 8.26. The summed E-state index contributed by atoms with van der Waals surface area (Å²) < 4.78 is 25.2. The van der Waals surface area contributed by atoms with E-state index in [1.807, 2.05) is 43.9 Å². The molecule has 6 nitrogen and oxygen atoms in total. The van der Waals surface area contributed by atoms with Crippen LogP contribution in [0.4, 0.5) is 5.69 Å². The van der Waals surface area contributed by atoms with Gasteiger partial charge < -0.3 is 10.2 Å². The molecule has 1 atom stereocenters. The van der Waals surface area contributed by atoms with Gasteiger partial charge in [0.05, 0.1) is 6.26 Å². The number of carbonyl (C=O) groups is 1. The second kappa shape index (κ2) is 7.53. The van der Waals surface area contributed by atoms with Crippen molar-refractivity contribution in [2.24, 2.45) is 0 Å². The van der Waals surface area contributed by atoms with Gasteiger partial charge in [0.25, 0.3) is 0 Å². The third-order valence-corrected chi connectivity index (χ3v) is 5.16. The smallest absolute Gasteiger partial charge is 0.244 e. The molecule has 1 aliphatic heterocycles. The highest BCUT2D eigenvalue weighted by atomic mass is 32.2. The van der Waals surface area contributed by atoms with Gasteiger partial charge in [-0.15, -0.1) is 0 Å². The van der Waals surface area contributed by atoms with Crippen LogP contribution in [0.2, 0.25) is 0 Å². The lowest BCUT2D eigenvalue weighted by Crippen LogP contribution is -2.49. The molecule has 0 radical (unpaired) electrons. The van der Waals surface area contributed by atoms with Crippen LogP contribution in [0.1, 0.15) is 30.9 Å². The standard InChI is InChI=1S/C17H27N3O3S/c1-12-6-5-7-13(2)16(12)18-14(3)17(21)20-10-8-15(9-11-20)19-24(4,22)23/h5-7,14-15,18-19H,8-11H2,1-4H3. The van der Waals surface area contributed by atoms with E-state index >= 15 is 0 Å². The van der Waals surface area contributed by atoms with Crippen molar-refractivity contribution < 1.29 is 13.2 Å². The molecule has 0 saturated carbocycles. The maximum atomic E-state index is 12.6. The summed E-state index contributed by atoms with van der Waals surface area (Å²) >= 11 is 0. The Kier molecular flexibility index (Phi) is 5.87. The number of piperidine rings is 1. The van der Waals surface area contributed by atoms with Crippen molar-refractivity contribution in [1.82, 2.24) is 9.62 Å². The van der Waals surface area contributed by atoms with E-state index in [9.17, 15) is 13.2 Å². The minimum atomic E-state index is -3.19. The maximum absolute atomic E-state index is 12.6. The zero-order valence-electron chi connectivity index (χ0n) is 14.8. The number of anilines is 1. The largest absolute Gasteiger partial charge is 0.373 e. The Labute approximate surface area is 144 Å². The van der Waals surface area contributed by atoms with Crippen LogP contribution in [0.15, 0.2) is 18.2 Å². The number of hydrogen-bond acceptors (Lipinski definition) is 4. The van der Waals surface area contributed by atoms with Crippen molar-refractivity contribution in [2.75, 3.05) is 24.7 Å². The quantitative estimate of drug-likeness (QED) is 0.844. The van der Waals surface area contributed by atoms with Gasteiger partial charge >= 0.3 is 0 Å². The summed E-state index contributed by atoms with van der Waals surface area (Å²) in [4.78, 5) is 14.5. The van der Waals surface area contributed by atoms with Crippen LogP contribution in [0.25, 0.3) is 0 Å². The molecule has 0 aromatic heterocycles. The van der Waals surface area contributed by atoms with Gasteiger partial charge in [-0.2, -0.15) is 0 Å². The molecule has 1 aliphatic rings. The predicted molar refractivity (Wildman–Crippen MR) is 96.6 cm³/mol. The molecule has 0 aliphatic carbocycles. The van der Waals surface area contributed by atoms with E-state index in [1.165, 1.54) is 6.26 Å². The predicted octanol–water partition coefficient (Wildman–Crippen LogP) is 1.64. The number of carbonyl (C=O) groups excluding carboxylic acids is 1. The minimum absolute atomic E-state index is 0.0514. The Morgan fingerprint density at radius 2 is 1.75 bits per heavy atom. The Hall–Kier alpha value is -1.60. The molecule has 7 heteroatoms. The molecule has 2 rings (SSSR count). The van der Waals surface area contributed by atoms with Crippen molar-refractivity contribution in [3.8, 4) is 0 Å². The van der Waals surface area contributed by atoms with Crippen LogP contribution < -0.4 is 10.0 Å². The van der Waals surface area contributed by atoms with E-state index in [-0.39, 0.29) is 18.0 Å². The maximum Gasteiger partial charge on any atom is 0.244 e. The molecule has 0 spiro atoms. The highest BCUT2D eigenvalue weighted by Crippen LogP contribution is 2.21. The summed E-state index contributed by atoms with van der Waals surface area (Å²) in [5.41, 5.74) is 3.24. The fraction of sp³-hybridized carbons (Fsp3) is 0.588.